The lowest BCUT2D eigenvalue weighted by Gasteiger charge is -2.20. The smallest absolute Gasteiger partial charge is 0.314 e. The summed E-state index contributed by atoms with van der Waals surface area (Å²) in [5, 5.41) is 1.02. The first-order valence-corrected chi connectivity index (χ1v) is 8.18. The second-order valence-electron chi connectivity index (χ2n) is 6.35. The molecule has 1 N–H and O–H groups in total. The third-order valence-corrected chi connectivity index (χ3v) is 4.34. The second-order valence-corrected chi connectivity index (χ2v) is 6.35. The number of hydrogen-bond acceptors (Lipinski definition) is 4. The number of aromatic nitrogens is 1. The van der Waals surface area contributed by atoms with Crippen LogP contribution in [-0.2, 0) is 16.0 Å². The number of nitrogens with zero attached hydrogens (tertiary/aromatic N) is 1. The Morgan fingerprint density at radius 2 is 2.08 bits per heavy atom. The van der Waals surface area contributed by atoms with Gasteiger partial charge in [-0.15, -0.1) is 12.4 Å². The van der Waals surface area contributed by atoms with Gasteiger partial charge in [-0.05, 0) is 51.1 Å². The molecule has 24 heavy (non-hydrogen) atoms. The summed E-state index contributed by atoms with van der Waals surface area (Å²) < 4.78 is 11.1. The number of esters is 1. The van der Waals surface area contributed by atoms with Gasteiger partial charge in [0.05, 0.1) is 5.92 Å². The van der Waals surface area contributed by atoms with Crippen molar-refractivity contribution in [1.29, 1.82) is 0 Å². The van der Waals surface area contributed by atoms with Crippen molar-refractivity contribution >= 4 is 29.3 Å². The molecule has 0 atom stereocenters. The zero-order chi connectivity index (χ0) is 16.2. The van der Waals surface area contributed by atoms with E-state index in [9.17, 15) is 4.79 Å². The number of hydrogen-bond donors (Lipinski definition) is 1. The lowest BCUT2D eigenvalue weighted by molar-refractivity contribution is -0.141. The van der Waals surface area contributed by atoms with Gasteiger partial charge in [-0.1, -0.05) is 6.07 Å². The number of carbonyl (C=O) groups excluding carboxylic acids is 1. The van der Waals surface area contributed by atoms with E-state index in [1.54, 1.807) is 0 Å². The fourth-order valence-electron chi connectivity index (χ4n) is 2.97. The number of halogens is 1. The Balaban J connectivity index is 0.00000208. The Morgan fingerprint density at radius 3 is 2.79 bits per heavy atom. The monoisotopic (exact) mass is 352 g/mol. The molecular formula is C18H25ClN2O3. The van der Waals surface area contributed by atoms with Gasteiger partial charge in [-0.2, -0.15) is 0 Å². The molecular weight excluding hydrogens is 328 g/mol. The van der Waals surface area contributed by atoms with Crippen LogP contribution in [0.15, 0.2) is 24.4 Å². The molecule has 0 amide bonds. The van der Waals surface area contributed by atoms with Crippen LogP contribution in [0.1, 0.15) is 18.4 Å². The van der Waals surface area contributed by atoms with Crippen LogP contribution in [0.4, 0.5) is 0 Å². The van der Waals surface area contributed by atoms with Crippen molar-refractivity contribution in [3.8, 4) is 5.75 Å². The summed E-state index contributed by atoms with van der Waals surface area (Å²) in [6, 6.07) is 5.81. The van der Waals surface area contributed by atoms with Crippen LogP contribution in [0.2, 0.25) is 0 Å². The fraction of sp³-hybridized carbons (Fsp3) is 0.500. The SMILES string of the molecule is CN(C)CCc1c[nH]c2cccc(OC(=O)C3CCOCC3)c12.Cl. The Hall–Kier alpha value is -1.56. The van der Waals surface area contributed by atoms with Crippen molar-refractivity contribution < 1.29 is 14.3 Å². The van der Waals surface area contributed by atoms with Crippen molar-refractivity contribution in [1.82, 2.24) is 9.88 Å². The molecule has 3 rings (SSSR count). The van der Waals surface area contributed by atoms with Gasteiger partial charge in [0.15, 0.2) is 0 Å². The molecule has 0 spiro atoms. The standard InChI is InChI=1S/C18H24N2O3.ClH/c1-20(2)9-6-14-12-19-15-4-3-5-16(17(14)15)23-18(21)13-7-10-22-11-8-13;/h3-5,12-13,19H,6-11H2,1-2H3;1H. The van der Waals surface area contributed by atoms with E-state index in [4.69, 9.17) is 9.47 Å². The maximum absolute atomic E-state index is 12.4. The zero-order valence-corrected chi connectivity index (χ0v) is 15.0. The van der Waals surface area contributed by atoms with E-state index in [1.807, 2.05) is 24.4 Å². The molecule has 2 aromatic rings. The van der Waals surface area contributed by atoms with Gasteiger partial charge in [0.25, 0.3) is 0 Å². The van der Waals surface area contributed by atoms with E-state index < -0.39 is 0 Å². The van der Waals surface area contributed by atoms with E-state index in [0.717, 1.165) is 36.7 Å². The molecule has 1 fully saturated rings. The molecule has 1 aromatic heterocycles. The van der Waals surface area contributed by atoms with Gasteiger partial charge in [0.2, 0.25) is 0 Å². The van der Waals surface area contributed by atoms with Gasteiger partial charge in [0, 0.05) is 36.9 Å². The maximum Gasteiger partial charge on any atom is 0.314 e. The normalized spacial score (nSPS) is 15.5. The number of benzene rings is 1. The van der Waals surface area contributed by atoms with E-state index in [1.165, 1.54) is 5.56 Å². The van der Waals surface area contributed by atoms with Crippen LogP contribution in [-0.4, -0.2) is 49.7 Å². The summed E-state index contributed by atoms with van der Waals surface area (Å²) in [6.45, 7) is 2.24. The minimum Gasteiger partial charge on any atom is -0.426 e. The van der Waals surface area contributed by atoms with Crippen LogP contribution < -0.4 is 4.74 Å². The maximum atomic E-state index is 12.4. The number of fused-ring (bicyclic) bond motifs is 1. The molecule has 132 valence electrons. The summed E-state index contributed by atoms with van der Waals surface area (Å²) in [6.07, 6.45) is 4.42. The highest BCUT2D eigenvalue weighted by Crippen LogP contribution is 2.30. The fourth-order valence-corrected chi connectivity index (χ4v) is 2.97. The molecule has 1 aliphatic rings. The molecule has 0 unspecified atom stereocenters. The Bertz CT molecular complexity index is 678. The zero-order valence-electron chi connectivity index (χ0n) is 14.2. The summed E-state index contributed by atoms with van der Waals surface area (Å²) >= 11 is 0. The third-order valence-electron chi connectivity index (χ3n) is 4.34. The van der Waals surface area contributed by atoms with Gasteiger partial charge in [-0.3, -0.25) is 4.79 Å². The van der Waals surface area contributed by atoms with Crippen molar-refractivity contribution in [3.63, 3.8) is 0 Å². The van der Waals surface area contributed by atoms with Gasteiger partial charge in [0.1, 0.15) is 5.75 Å². The average molecular weight is 353 g/mol. The third kappa shape index (κ3) is 4.29. The number of rotatable bonds is 5. The summed E-state index contributed by atoms with van der Waals surface area (Å²) in [5.41, 5.74) is 2.19. The number of carbonyl (C=O) groups is 1. The molecule has 0 aliphatic carbocycles. The first-order chi connectivity index (χ1) is 11.1. The van der Waals surface area contributed by atoms with Crippen molar-refractivity contribution in [2.24, 2.45) is 5.92 Å². The topological polar surface area (TPSA) is 54.6 Å². The number of nitrogens with one attached hydrogen (secondary N) is 1. The second kappa shape index (κ2) is 8.51. The minimum absolute atomic E-state index is 0. The van der Waals surface area contributed by atoms with E-state index in [0.29, 0.717) is 19.0 Å². The summed E-state index contributed by atoms with van der Waals surface area (Å²) in [5.74, 6) is 0.470. The number of likely N-dealkylation sites (N-methyl/N-ethyl adjacent to an activating group) is 1. The van der Waals surface area contributed by atoms with Crippen molar-refractivity contribution in [3.05, 3.63) is 30.0 Å². The predicted molar refractivity (Wildman–Crippen MR) is 97.0 cm³/mol. The Morgan fingerprint density at radius 1 is 1.33 bits per heavy atom. The minimum atomic E-state index is -0.138. The molecule has 1 saturated heterocycles. The van der Waals surface area contributed by atoms with Gasteiger partial charge in [-0.25, -0.2) is 0 Å². The lowest BCUT2D eigenvalue weighted by Crippen LogP contribution is -2.27. The summed E-state index contributed by atoms with van der Waals surface area (Å²) in [4.78, 5) is 17.8. The molecule has 1 aromatic carbocycles. The highest BCUT2D eigenvalue weighted by molar-refractivity contribution is 5.91. The van der Waals surface area contributed by atoms with Crippen LogP contribution in [0.25, 0.3) is 10.9 Å². The Kier molecular flexibility index (Phi) is 6.66. The highest BCUT2D eigenvalue weighted by Gasteiger charge is 2.24. The average Bonchev–Trinajstić information content (AvgIpc) is 2.98. The molecule has 2 heterocycles. The first kappa shape index (κ1) is 18.8. The molecule has 5 nitrogen and oxygen atoms in total. The summed E-state index contributed by atoms with van der Waals surface area (Å²) in [7, 11) is 4.11. The number of ether oxygens (including phenoxy) is 2. The quantitative estimate of drug-likeness (QED) is 0.664. The molecule has 6 heteroatoms. The van der Waals surface area contributed by atoms with Crippen LogP contribution >= 0.6 is 12.4 Å². The van der Waals surface area contributed by atoms with Gasteiger partial charge < -0.3 is 19.4 Å². The number of H-pyrrole nitrogens is 1. The van der Waals surface area contributed by atoms with E-state index >= 15 is 0 Å². The van der Waals surface area contributed by atoms with Crippen LogP contribution in [0, 0.1) is 5.92 Å². The molecule has 0 saturated carbocycles. The molecule has 1 aliphatic heterocycles. The number of aromatic amines is 1. The lowest BCUT2D eigenvalue weighted by atomic mass is 10.0. The molecule has 0 bridgehead atoms. The van der Waals surface area contributed by atoms with Crippen molar-refractivity contribution in [2.75, 3.05) is 33.9 Å². The molecule has 0 radical (unpaired) electrons. The van der Waals surface area contributed by atoms with E-state index in [2.05, 4.69) is 24.0 Å². The first-order valence-electron chi connectivity index (χ1n) is 8.18. The van der Waals surface area contributed by atoms with Crippen LogP contribution in [0.3, 0.4) is 0 Å². The van der Waals surface area contributed by atoms with Gasteiger partial charge >= 0.3 is 5.97 Å². The predicted octanol–water partition coefficient (Wildman–Crippen LogP) is 3.03. The van der Waals surface area contributed by atoms with E-state index in [-0.39, 0.29) is 24.3 Å². The highest BCUT2D eigenvalue weighted by atomic mass is 35.5. The Labute approximate surface area is 148 Å². The largest absolute Gasteiger partial charge is 0.426 e. The van der Waals surface area contributed by atoms with Crippen LogP contribution in [0.5, 0.6) is 5.75 Å². The van der Waals surface area contributed by atoms with Crippen molar-refractivity contribution in [2.45, 2.75) is 19.3 Å².